The van der Waals surface area contributed by atoms with Crippen molar-refractivity contribution in [2.24, 2.45) is 0 Å². The molecular weight excluding hydrogens is 241 g/mol. The molecule has 18 heavy (non-hydrogen) atoms. The molecule has 0 spiro atoms. The second kappa shape index (κ2) is 4.42. The number of nitrogens with zero attached hydrogens (tertiary/aromatic N) is 2. The summed E-state index contributed by atoms with van der Waals surface area (Å²) in [6, 6.07) is 3.48. The van der Waals surface area contributed by atoms with E-state index in [1.807, 2.05) is 13.8 Å². The van der Waals surface area contributed by atoms with Gasteiger partial charge in [0.15, 0.2) is 5.69 Å². The normalized spacial score (nSPS) is 12.8. The Morgan fingerprint density at radius 1 is 1.00 bits per heavy atom. The van der Waals surface area contributed by atoms with Crippen LogP contribution in [-0.2, 0) is 0 Å². The van der Waals surface area contributed by atoms with Crippen LogP contribution in [0.1, 0.15) is 43.2 Å². The summed E-state index contributed by atoms with van der Waals surface area (Å²) in [6.07, 6.45) is 0. The van der Waals surface area contributed by atoms with Crippen LogP contribution in [0.15, 0.2) is 12.1 Å². The molecule has 0 bridgehead atoms. The molecule has 2 aromatic rings. The van der Waals surface area contributed by atoms with Crippen molar-refractivity contribution < 1.29 is 9.59 Å². The van der Waals surface area contributed by atoms with Crippen molar-refractivity contribution in [2.45, 2.75) is 13.8 Å². The van der Waals surface area contributed by atoms with Gasteiger partial charge in [0.2, 0.25) is 11.6 Å². The number of H-pyrrole nitrogens is 1. The Labute approximate surface area is 125 Å². The van der Waals surface area contributed by atoms with Crippen LogP contribution < -0.4 is 0 Å². The zero-order valence-corrected chi connectivity index (χ0v) is 9.37. The predicted octanol–water partition coefficient (Wildman–Crippen LogP) is 0.548. The molecule has 1 aliphatic carbocycles. The van der Waals surface area contributed by atoms with E-state index in [-0.39, 0.29) is 52.5 Å². The van der Waals surface area contributed by atoms with E-state index in [1.165, 1.54) is 0 Å². The van der Waals surface area contributed by atoms with E-state index >= 15 is 0 Å². The minimum absolute atomic E-state index is 0. The third-order valence-electron chi connectivity index (χ3n) is 3.11. The van der Waals surface area contributed by atoms with Gasteiger partial charge >= 0.3 is 29.6 Å². The first-order valence-corrected chi connectivity index (χ1v) is 5.21. The van der Waals surface area contributed by atoms with E-state index in [4.69, 9.17) is 0 Å². The molecular formula is C12H10N3NaO2. The number of carbonyl (C=O) groups is 2. The first-order chi connectivity index (χ1) is 8.09. The molecule has 0 amide bonds. The van der Waals surface area contributed by atoms with Crippen molar-refractivity contribution in [3.63, 3.8) is 0 Å². The summed E-state index contributed by atoms with van der Waals surface area (Å²) in [4.78, 5) is 24.2. The van der Waals surface area contributed by atoms with E-state index in [2.05, 4.69) is 15.4 Å². The van der Waals surface area contributed by atoms with Crippen LogP contribution in [0.2, 0.25) is 0 Å². The second-order valence-electron chi connectivity index (χ2n) is 4.18. The van der Waals surface area contributed by atoms with Gasteiger partial charge in [-0.3, -0.25) is 14.7 Å². The maximum atomic E-state index is 12.1. The molecule has 6 heteroatoms. The summed E-state index contributed by atoms with van der Waals surface area (Å²) < 4.78 is 0. The first kappa shape index (κ1) is 13.1. The molecule has 1 N–H and O–H groups in total. The summed E-state index contributed by atoms with van der Waals surface area (Å²) in [7, 11) is 0. The van der Waals surface area contributed by atoms with E-state index in [9.17, 15) is 9.59 Å². The number of nitrogens with one attached hydrogen (secondary N) is 1. The van der Waals surface area contributed by atoms with Gasteiger partial charge in [-0.25, -0.2) is 0 Å². The van der Waals surface area contributed by atoms with Crippen LogP contribution in [0.3, 0.4) is 0 Å². The number of aromatic nitrogens is 3. The SMILES string of the molecule is Cc1cc2c(cc1C)C(=O)c1[nH]nnc1C2=O.[NaH]. The van der Waals surface area contributed by atoms with Crippen LogP contribution in [0.25, 0.3) is 0 Å². The summed E-state index contributed by atoms with van der Waals surface area (Å²) in [6.45, 7) is 3.82. The van der Waals surface area contributed by atoms with Crippen molar-refractivity contribution >= 4 is 41.1 Å². The number of ketones is 2. The first-order valence-electron chi connectivity index (χ1n) is 5.21. The average Bonchev–Trinajstić information content (AvgIpc) is 2.78. The molecule has 0 unspecified atom stereocenters. The Balaban J connectivity index is 0.00000120. The van der Waals surface area contributed by atoms with Crippen molar-refractivity contribution in [2.75, 3.05) is 0 Å². The number of rotatable bonds is 0. The van der Waals surface area contributed by atoms with Crippen molar-refractivity contribution in [1.82, 2.24) is 15.4 Å². The predicted molar refractivity (Wildman–Crippen MR) is 66.3 cm³/mol. The number of hydrogen-bond acceptors (Lipinski definition) is 4. The van der Waals surface area contributed by atoms with E-state index in [0.717, 1.165) is 11.1 Å². The van der Waals surface area contributed by atoms with Gasteiger partial charge in [-0.2, -0.15) is 0 Å². The minimum atomic E-state index is -0.244. The maximum absolute atomic E-state index is 12.1. The molecule has 86 valence electrons. The molecule has 1 aliphatic rings. The number of aryl methyl sites for hydroxylation is 2. The van der Waals surface area contributed by atoms with Gasteiger partial charge in [0.05, 0.1) is 0 Å². The number of aromatic amines is 1. The molecule has 0 atom stereocenters. The average molecular weight is 251 g/mol. The third-order valence-corrected chi connectivity index (χ3v) is 3.11. The summed E-state index contributed by atoms with van der Waals surface area (Å²) in [5, 5.41) is 9.66. The van der Waals surface area contributed by atoms with E-state index in [0.29, 0.717) is 11.1 Å². The van der Waals surface area contributed by atoms with Crippen LogP contribution in [0.4, 0.5) is 0 Å². The van der Waals surface area contributed by atoms with Crippen molar-refractivity contribution in [3.05, 3.63) is 45.8 Å². The quantitative estimate of drug-likeness (QED) is 0.592. The Morgan fingerprint density at radius 3 is 2.17 bits per heavy atom. The molecule has 1 aromatic heterocycles. The Kier molecular flexibility index (Phi) is 3.23. The van der Waals surface area contributed by atoms with Gasteiger partial charge in [0.25, 0.3) is 0 Å². The number of carbonyl (C=O) groups excluding carboxylic acids is 2. The van der Waals surface area contributed by atoms with Crippen LogP contribution in [-0.4, -0.2) is 56.5 Å². The molecule has 0 radical (unpaired) electrons. The topological polar surface area (TPSA) is 75.7 Å². The van der Waals surface area contributed by atoms with Gasteiger partial charge in [0.1, 0.15) is 5.69 Å². The summed E-state index contributed by atoms with van der Waals surface area (Å²) in [5.41, 5.74) is 3.12. The van der Waals surface area contributed by atoms with Gasteiger partial charge < -0.3 is 0 Å². The van der Waals surface area contributed by atoms with Gasteiger partial charge in [0, 0.05) is 11.1 Å². The zero-order chi connectivity index (χ0) is 12.2. The molecule has 1 heterocycles. The van der Waals surface area contributed by atoms with Gasteiger partial charge in [-0.1, -0.05) is 5.21 Å². The van der Waals surface area contributed by atoms with Crippen LogP contribution >= 0.6 is 0 Å². The monoisotopic (exact) mass is 251 g/mol. The zero-order valence-electron chi connectivity index (χ0n) is 9.37. The van der Waals surface area contributed by atoms with E-state index < -0.39 is 0 Å². The van der Waals surface area contributed by atoms with Crippen LogP contribution in [0, 0.1) is 13.8 Å². The number of fused-ring (bicyclic) bond motifs is 2. The Morgan fingerprint density at radius 2 is 1.56 bits per heavy atom. The number of benzene rings is 1. The molecule has 0 saturated heterocycles. The molecule has 5 nitrogen and oxygen atoms in total. The molecule has 0 fully saturated rings. The fourth-order valence-corrected chi connectivity index (χ4v) is 2.00. The number of hydrogen-bond donors (Lipinski definition) is 1. The fraction of sp³-hybridized carbons (Fsp3) is 0.167. The van der Waals surface area contributed by atoms with Gasteiger partial charge in [-0.05, 0) is 37.1 Å². The summed E-state index contributed by atoms with van der Waals surface area (Å²) >= 11 is 0. The second-order valence-corrected chi connectivity index (χ2v) is 4.18. The summed E-state index contributed by atoms with van der Waals surface area (Å²) in [5.74, 6) is -0.464. The third kappa shape index (κ3) is 1.67. The Hall–Kier alpha value is -1.30. The van der Waals surface area contributed by atoms with Crippen molar-refractivity contribution in [3.8, 4) is 0 Å². The van der Waals surface area contributed by atoms with E-state index in [1.54, 1.807) is 12.1 Å². The van der Waals surface area contributed by atoms with Gasteiger partial charge in [-0.15, -0.1) is 5.10 Å². The molecule has 3 rings (SSSR count). The Bertz CT molecular complexity index is 620. The molecule has 0 aliphatic heterocycles. The molecule has 0 saturated carbocycles. The van der Waals surface area contributed by atoms with Crippen LogP contribution in [0.5, 0.6) is 0 Å². The standard InChI is InChI=1S/C12H9N3O2.Na.H/c1-5-3-7-8(4-6(5)2)12(17)10-9(11(7)16)13-15-14-10;;/h3-4H,1-2H3,(H,13,14,15);;. The molecule has 1 aromatic carbocycles. The fourth-order valence-electron chi connectivity index (χ4n) is 2.00. The van der Waals surface area contributed by atoms with Crippen molar-refractivity contribution in [1.29, 1.82) is 0 Å².